The number of halogens is 2. The van der Waals surface area contributed by atoms with Crippen molar-refractivity contribution in [2.24, 2.45) is 0 Å². The maximum Gasteiger partial charge on any atom is 0.269 e. The van der Waals surface area contributed by atoms with E-state index in [0.29, 0.717) is 23.1 Å². The van der Waals surface area contributed by atoms with Crippen LogP contribution in [0.15, 0.2) is 12.1 Å². The lowest BCUT2D eigenvalue weighted by molar-refractivity contribution is 0.102. The molecule has 1 heterocycles. The van der Waals surface area contributed by atoms with Gasteiger partial charge in [-0.1, -0.05) is 11.4 Å². The third kappa shape index (κ3) is 2.68. The van der Waals surface area contributed by atoms with Crippen LogP contribution < -0.4 is 11.1 Å². The van der Waals surface area contributed by atoms with E-state index >= 15 is 0 Å². The number of benzene rings is 1. The van der Waals surface area contributed by atoms with Crippen LogP contribution in [0.25, 0.3) is 0 Å². The van der Waals surface area contributed by atoms with Crippen LogP contribution >= 0.6 is 11.5 Å². The minimum absolute atomic E-state index is 0.181. The van der Waals surface area contributed by atoms with Crippen molar-refractivity contribution in [1.29, 1.82) is 0 Å². The minimum Gasteiger partial charge on any atom is -0.396 e. The number of nitrogens with one attached hydrogen (secondary N) is 1. The van der Waals surface area contributed by atoms with E-state index in [2.05, 4.69) is 14.9 Å². The van der Waals surface area contributed by atoms with Crippen molar-refractivity contribution in [2.75, 3.05) is 11.1 Å². The van der Waals surface area contributed by atoms with Gasteiger partial charge in [0.05, 0.1) is 17.1 Å². The maximum atomic E-state index is 13.5. The van der Waals surface area contributed by atoms with Gasteiger partial charge in [0.1, 0.15) is 16.5 Å². The second-order valence-corrected chi connectivity index (χ2v) is 4.46. The summed E-state index contributed by atoms with van der Waals surface area (Å²) in [6, 6.07) is 1.65. The Hall–Kier alpha value is -2.09. The van der Waals surface area contributed by atoms with Crippen LogP contribution in [0.5, 0.6) is 0 Å². The van der Waals surface area contributed by atoms with E-state index in [1.165, 1.54) is 0 Å². The van der Waals surface area contributed by atoms with Gasteiger partial charge in [0.2, 0.25) is 0 Å². The standard InChI is InChI=1S/C11H10F2N4OS/c1-2-8-10(19-17-16-8)11(18)15-9-4-7(14)5(12)3-6(9)13/h3-4H,2,14H2,1H3,(H,15,18). The molecule has 5 nitrogen and oxygen atoms in total. The predicted molar refractivity (Wildman–Crippen MR) is 68.0 cm³/mol. The van der Waals surface area contributed by atoms with E-state index < -0.39 is 17.5 Å². The van der Waals surface area contributed by atoms with Crippen molar-refractivity contribution >= 4 is 28.8 Å². The highest BCUT2D eigenvalue weighted by Gasteiger charge is 2.17. The highest BCUT2D eigenvalue weighted by atomic mass is 32.1. The fourth-order valence-electron chi connectivity index (χ4n) is 1.45. The summed E-state index contributed by atoms with van der Waals surface area (Å²) in [5, 5.41) is 6.11. The summed E-state index contributed by atoms with van der Waals surface area (Å²) in [7, 11) is 0. The second-order valence-electron chi connectivity index (χ2n) is 3.71. The van der Waals surface area contributed by atoms with Gasteiger partial charge >= 0.3 is 0 Å². The van der Waals surface area contributed by atoms with Crippen LogP contribution in [0.4, 0.5) is 20.2 Å². The summed E-state index contributed by atoms with van der Waals surface area (Å²) in [6.07, 6.45) is 0.535. The SMILES string of the molecule is CCc1nnsc1C(=O)Nc1cc(N)c(F)cc1F. The zero-order valence-electron chi connectivity index (χ0n) is 9.91. The number of amides is 1. The molecule has 0 radical (unpaired) electrons. The number of nitrogens with two attached hydrogens (primary N) is 1. The summed E-state index contributed by atoms with van der Waals surface area (Å²) in [5.41, 5.74) is 5.43. The molecule has 19 heavy (non-hydrogen) atoms. The normalized spacial score (nSPS) is 10.5. The van der Waals surface area contributed by atoms with Gasteiger partial charge in [-0.2, -0.15) is 0 Å². The lowest BCUT2D eigenvalue weighted by Crippen LogP contribution is -2.14. The number of aryl methyl sites for hydroxylation is 1. The van der Waals surface area contributed by atoms with E-state index in [4.69, 9.17) is 5.73 Å². The second kappa shape index (κ2) is 5.27. The van der Waals surface area contributed by atoms with E-state index in [-0.39, 0.29) is 11.4 Å². The number of nitrogen functional groups attached to an aromatic ring is 1. The average molecular weight is 284 g/mol. The topological polar surface area (TPSA) is 80.9 Å². The van der Waals surface area contributed by atoms with Crippen molar-refractivity contribution in [3.63, 3.8) is 0 Å². The van der Waals surface area contributed by atoms with Gasteiger partial charge in [0.25, 0.3) is 5.91 Å². The molecule has 1 amide bonds. The molecule has 0 atom stereocenters. The molecule has 0 aliphatic carbocycles. The van der Waals surface area contributed by atoms with Gasteiger partial charge in [-0.05, 0) is 24.0 Å². The molecule has 100 valence electrons. The average Bonchev–Trinajstić information content (AvgIpc) is 2.84. The zero-order chi connectivity index (χ0) is 14.0. The van der Waals surface area contributed by atoms with E-state index in [9.17, 15) is 13.6 Å². The fraction of sp³-hybridized carbons (Fsp3) is 0.182. The summed E-state index contributed by atoms with van der Waals surface area (Å²) in [6.45, 7) is 1.82. The smallest absolute Gasteiger partial charge is 0.269 e. The first-order valence-electron chi connectivity index (χ1n) is 5.40. The Morgan fingerprint density at radius 2 is 2.16 bits per heavy atom. The molecule has 1 aromatic heterocycles. The zero-order valence-corrected chi connectivity index (χ0v) is 10.7. The van der Waals surface area contributed by atoms with Gasteiger partial charge in [0.15, 0.2) is 0 Å². The molecule has 0 spiro atoms. The molecule has 2 rings (SSSR count). The summed E-state index contributed by atoms with van der Waals surface area (Å²) < 4.78 is 30.1. The maximum absolute atomic E-state index is 13.5. The largest absolute Gasteiger partial charge is 0.396 e. The monoisotopic (exact) mass is 284 g/mol. The first-order chi connectivity index (χ1) is 9.02. The third-order valence-corrected chi connectivity index (χ3v) is 3.20. The lowest BCUT2D eigenvalue weighted by Gasteiger charge is -2.07. The molecule has 3 N–H and O–H groups in total. The molecular weight excluding hydrogens is 274 g/mol. The van der Waals surface area contributed by atoms with Gasteiger partial charge < -0.3 is 11.1 Å². The van der Waals surface area contributed by atoms with Crippen LogP contribution in [0, 0.1) is 11.6 Å². The first kappa shape index (κ1) is 13.3. The van der Waals surface area contributed by atoms with Gasteiger partial charge in [-0.25, -0.2) is 8.78 Å². The third-order valence-electron chi connectivity index (χ3n) is 2.43. The molecule has 8 heteroatoms. The van der Waals surface area contributed by atoms with Crippen molar-refractivity contribution in [1.82, 2.24) is 9.59 Å². The quantitative estimate of drug-likeness (QED) is 0.847. The number of hydrogen-bond acceptors (Lipinski definition) is 5. The Kier molecular flexibility index (Phi) is 3.70. The van der Waals surface area contributed by atoms with Crippen molar-refractivity contribution < 1.29 is 13.6 Å². The predicted octanol–water partition coefficient (Wildman–Crippen LogP) is 2.21. The Morgan fingerprint density at radius 3 is 2.84 bits per heavy atom. The van der Waals surface area contributed by atoms with E-state index in [1.54, 1.807) is 0 Å². The van der Waals surface area contributed by atoms with Crippen molar-refractivity contribution in [3.8, 4) is 0 Å². The van der Waals surface area contributed by atoms with Gasteiger partial charge in [-0.3, -0.25) is 4.79 Å². The Morgan fingerprint density at radius 1 is 1.42 bits per heavy atom. The number of carbonyl (C=O) groups excluding carboxylic acids is 1. The van der Waals surface area contributed by atoms with Crippen LogP contribution in [-0.4, -0.2) is 15.5 Å². The number of anilines is 2. The van der Waals surface area contributed by atoms with Crippen LogP contribution in [0.3, 0.4) is 0 Å². The molecule has 0 aliphatic rings. The number of nitrogens with zero attached hydrogens (tertiary/aromatic N) is 2. The Bertz CT molecular complexity index is 629. The van der Waals surface area contributed by atoms with Crippen LogP contribution in [-0.2, 0) is 6.42 Å². The molecule has 0 fully saturated rings. The molecule has 0 unspecified atom stereocenters. The molecule has 0 saturated heterocycles. The van der Waals surface area contributed by atoms with E-state index in [0.717, 1.165) is 17.6 Å². The number of aromatic nitrogens is 2. The highest BCUT2D eigenvalue weighted by molar-refractivity contribution is 7.08. The minimum atomic E-state index is -0.893. The fourth-order valence-corrected chi connectivity index (χ4v) is 2.10. The van der Waals surface area contributed by atoms with Gasteiger partial charge in [-0.15, -0.1) is 5.10 Å². The Balaban J connectivity index is 2.27. The first-order valence-corrected chi connectivity index (χ1v) is 6.17. The molecule has 1 aromatic carbocycles. The summed E-state index contributed by atoms with van der Waals surface area (Å²) in [4.78, 5) is 12.2. The van der Waals surface area contributed by atoms with Crippen LogP contribution in [0.2, 0.25) is 0 Å². The number of carbonyl (C=O) groups is 1. The molecular formula is C11H10F2N4OS. The summed E-state index contributed by atoms with van der Waals surface area (Å²) in [5.74, 6) is -2.31. The molecule has 0 aliphatic heterocycles. The van der Waals surface area contributed by atoms with Crippen molar-refractivity contribution in [2.45, 2.75) is 13.3 Å². The number of hydrogen-bond donors (Lipinski definition) is 2. The van der Waals surface area contributed by atoms with E-state index in [1.807, 2.05) is 6.92 Å². The van der Waals surface area contributed by atoms with Gasteiger partial charge in [0, 0.05) is 6.07 Å². The molecule has 2 aromatic rings. The highest BCUT2D eigenvalue weighted by Crippen LogP contribution is 2.22. The lowest BCUT2D eigenvalue weighted by atomic mass is 10.2. The van der Waals surface area contributed by atoms with Crippen molar-refractivity contribution in [3.05, 3.63) is 34.3 Å². The summed E-state index contributed by atoms with van der Waals surface area (Å²) >= 11 is 0.914. The number of rotatable bonds is 3. The Labute approximate surface area is 111 Å². The molecule has 0 saturated carbocycles. The van der Waals surface area contributed by atoms with Crippen LogP contribution in [0.1, 0.15) is 22.3 Å². The molecule has 0 bridgehead atoms.